The molecule has 0 aliphatic heterocycles. The molecule has 1 aromatic carbocycles. The van der Waals surface area contributed by atoms with Crippen molar-refractivity contribution in [1.82, 2.24) is 14.5 Å². The van der Waals surface area contributed by atoms with E-state index in [0.29, 0.717) is 12.5 Å². The zero-order valence-corrected chi connectivity index (χ0v) is 20.8. The monoisotopic (exact) mass is 459 g/mol. The van der Waals surface area contributed by atoms with Crippen molar-refractivity contribution in [1.29, 1.82) is 0 Å². The second-order valence-electron chi connectivity index (χ2n) is 10.2. The van der Waals surface area contributed by atoms with Crippen LogP contribution in [0.3, 0.4) is 0 Å². The number of pyridine rings is 1. The van der Waals surface area contributed by atoms with Crippen LogP contribution in [0.25, 0.3) is 16.7 Å². The third-order valence-corrected chi connectivity index (χ3v) is 7.88. The van der Waals surface area contributed by atoms with Gasteiger partial charge in [-0.3, -0.25) is 14.3 Å². The van der Waals surface area contributed by atoms with E-state index < -0.39 is 0 Å². The van der Waals surface area contributed by atoms with Gasteiger partial charge in [0.1, 0.15) is 11.3 Å². The molecule has 2 saturated carbocycles. The van der Waals surface area contributed by atoms with Crippen molar-refractivity contribution in [3.8, 4) is 5.69 Å². The molecule has 3 aromatic rings. The van der Waals surface area contributed by atoms with Gasteiger partial charge in [0.2, 0.25) is 0 Å². The molecule has 5 nitrogen and oxygen atoms in total. The molecule has 2 aliphatic rings. The number of hydrogen-bond donors (Lipinski definition) is 0. The van der Waals surface area contributed by atoms with E-state index >= 15 is 0 Å². The molecule has 5 rings (SSSR count). The lowest BCUT2D eigenvalue weighted by Gasteiger charge is -2.30. The van der Waals surface area contributed by atoms with Gasteiger partial charge in [0, 0.05) is 17.3 Å². The quantitative estimate of drug-likeness (QED) is 0.389. The highest BCUT2D eigenvalue weighted by atomic mass is 16.5. The van der Waals surface area contributed by atoms with E-state index in [4.69, 9.17) is 14.7 Å². The number of carbonyl (C=O) groups is 1. The van der Waals surface area contributed by atoms with Crippen LogP contribution in [0, 0.1) is 19.8 Å². The zero-order valence-electron chi connectivity index (χ0n) is 20.8. The second kappa shape index (κ2) is 9.89. The second-order valence-corrected chi connectivity index (χ2v) is 10.2. The highest BCUT2D eigenvalue weighted by Gasteiger charge is 2.33. The van der Waals surface area contributed by atoms with E-state index in [1.165, 1.54) is 49.9 Å². The van der Waals surface area contributed by atoms with Crippen LogP contribution in [-0.2, 0) is 9.53 Å². The van der Waals surface area contributed by atoms with E-state index in [2.05, 4.69) is 48.7 Å². The molecular formula is C29H37N3O2. The van der Waals surface area contributed by atoms with Gasteiger partial charge in [-0.2, -0.15) is 0 Å². The Morgan fingerprint density at radius 2 is 1.68 bits per heavy atom. The van der Waals surface area contributed by atoms with Crippen LogP contribution in [0.15, 0.2) is 30.3 Å². The number of fused-ring (bicyclic) bond motifs is 1. The fourth-order valence-electron chi connectivity index (χ4n) is 6.24. The normalized spacial score (nSPS) is 21.6. The first-order valence-corrected chi connectivity index (χ1v) is 13.2. The van der Waals surface area contributed by atoms with Crippen LogP contribution < -0.4 is 0 Å². The van der Waals surface area contributed by atoms with E-state index in [-0.39, 0.29) is 17.8 Å². The number of nitrogens with zero attached hydrogens (tertiary/aromatic N) is 3. The average Bonchev–Trinajstić information content (AvgIpc) is 3.24. The standard InChI is InChI=1S/C29H37N3O2/c1-4-34-29(33)25-13-9-8-12-24(25)21-14-16-23(17-15-21)32-26-18-19(2)30-20(3)27(26)31-28(32)22-10-6-5-7-11-22/h14-18,22,24-25H,4-13H2,1-3H3. The summed E-state index contributed by atoms with van der Waals surface area (Å²) in [6, 6.07) is 11.1. The molecule has 2 aromatic heterocycles. The smallest absolute Gasteiger partial charge is 0.309 e. The Labute approximate surface area is 202 Å². The summed E-state index contributed by atoms with van der Waals surface area (Å²) in [5, 5.41) is 0. The number of carbonyl (C=O) groups excluding carboxylic acids is 1. The summed E-state index contributed by atoms with van der Waals surface area (Å²) in [6.07, 6.45) is 10.5. The summed E-state index contributed by atoms with van der Waals surface area (Å²) in [7, 11) is 0. The van der Waals surface area contributed by atoms with E-state index in [0.717, 1.165) is 47.4 Å². The lowest BCUT2D eigenvalue weighted by atomic mass is 9.75. The third-order valence-electron chi connectivity index (χ3n) is 7.88. The maximum atomic E-state index is 12.6. The summed E-state index contributed by atoms with van der Waals surface area (Å²) in [5.41, 5.74) is 6.60. The van der Waals surface area contributed by atoms with Crippen LogP contribution in [-0.4, -0.2) is 27.1 Å². The minimum absolute atomic E-state index is 0.0252. The molecule has 0 radical (unpaired) electrons. The summed E-state index contributed by atoms with van der Waals surface area (Å²) >= 11 is 0. The Morgan fingerprint density at radius 1 is 0.971 bits per heavy atom. The Morgan fingerprint density at radius 3 is 2.41 bits per heavy atom. The van der Waals surface area contributed by atoms with Crippen molar-refractivity contribution < 1.29 is 9.53 Å². The van der Waals surface area contributed by atoms with Gasteiger partial charge in [-0.15, -0.1) is 0 Å². The van der Waals surface area contributed by atoms with Gasteiger partial charge in [-0.05, 0) is 76.1 Å². The maximum absolute atomic E-state index is 12.6. The third kappa shape index (κ3) is 4.37. The van der Waals surface area contributed by atoms with Crippen LogP contribution in [0.5, 0.6) is 0 Å². The van der Waals surface area contributed by atoms with Crippen LogP contribution in [0.1, 0.15) is 99.3 Å². The number of benzene rings is 1. The number of esters is 1. The van der Waals surface area contributed by atoms with Crippen molar-refractivity contribution in [2.45, 2.75) is 90.4 Å². The van der Waals surface area contributed by atoms with Crippen molar-refractivity contribution >= 4 is 17.0 Å². The van der Waals surface area contributed by atoms with E-state index in [1.54, 1.807) is 0 Å². The van der Waals surface area contributed by atoms with Crippen LogP contribution >= 0.6 is 0 Å². The maximum Gasteiger partial charge on any atom is 0.309 e. The Bertz CT molecular complexity index is 1160. The van der Waals surface area contributed by atoms with Gasteiger partial charge in [0.05, 0.1) is 23.7 Å². The number of aromatic nitrogens is 3. The molecule has 2 heterocycles. The summed E-state index contributed by atoms with van der Waals surface area (Å²) in [4.78, 5) is 22.5. The first kappa shape index (κ1) is 23.1. The number of imidazole rings is 1. The molecule has 0 N–H and O–H groups in total. The minimum Gasteiger partial charge on any atom is -0.466 e. The predicted octanol–water partition coefficient (Wildman–Crippen LogP) is 6.92. The molecule has 34 heavy (non-hydrogen) atoms. The molecule has 0 amide bonds. The summed E-state index contributed by atoms with van der Waals surface area (Å²) < 4.78 is 7.79. The molecule has 0 bridgehead atoms. The fraction of sp³-hybridized carbons (Fsp3) is 0.552. The molecule has 2 aliphatic carbocycles. The molecule has 2 unspecified atom stereocenters. The van der Waals surface area contributed by atoms with E-state index in [1.807, 2.05) is 6.92 Å². The van der Waals surface area contributed by atoms with Gasteiger partial charge in [-0.1, -0.05) is 44.2 Å². The minimum atomic E-state index is -0.0325. The largest absolute Gasteiger partial charge is 0.466 e. The van der Waals surface area contributed by atoms with Crippen molar-refractivity contribution in [2.24, 2.45) is 5.92 Å². The van der Waals surface area contributed by atoms with Gasteiger partial charge in [0.15, 0.2) is 0 Å². The van der Waals surface area contributed by atoms with Crippen molar-refractivity contribution in [3.63, 3.8) is 0 Å². The van der Waals surface area contributed by atoms with Gasteiger partial charge in [0.25, 0.3) is 0 Å². The van der Waals surface area contributed by atoms with Crippen LogP contribution in [0.4, 0.5) is 0 Å². The zero-order chi connectivity index (χ0) is 23.7. The number of ether oxygens (including phenoxy) is 1. The van der Waals surface area contributed by atoms with Gasteiger partial charge in [-0.25, -0.2) is 4.98 Å². The molecular weight excluding hydrogens is 422 g/mol. The average molecular weight is 460 g/mol. The number of aryl methyl sites for hydroxylation is 2. The highest BCUT2D eigenvalue weighted by Crippen LogP contribution is 2.40. The summed E-state index contributed by atoms with van der Waals surface area (Å²) in [5.74, 6) is 1.86. The first-order chi connectivity index (χ1) is 16.6. The van der Waals surface area contributed by atoms with Gasteiger partial charge < -0.3 is 4.74 Å². The Kier molecular flexibility index (Phi) is 6.71. The number of rotatable bonds is 5. The Hall–Kier alpha value is -2.69. The lowest BCUT2D eigenvalue weighted by Crippen LogP contribution is -2.27. The summed E-state index contributed by atoms with van der Waals surface area (Å²) in [6.45, 7) is 6.47. The molecule has 2 atom stereocenters. The first-order valence-electron chi connectivity index (χ1n) is 13.2. The van der Waals surface area contributed by atoms with Crippen LogP contribution in [0.2, 0.25) is 0 Å². The van der Waals surface area contributed by atoms with Crippen molar-refractivity contribution in [2.75, 3.05) is 6.61 Å². The van der Waals surface area contributed by atoms with E-state index in [9.17, 15) is 4.79 Å². The number of hydrogen-bond acceptors (Lipinski definition) is 4. The lowest BCUT2D eigenvalue weighted by molar-refractivity contribution is -0.149. The predicted molar refractivity (Wildman–Crippen MR) is 135 cm³/mol. The van der Waals surface area contributed by atoms with Crippen molar-refractivity contribution in [3.05, 3.63) is 53.1 Å². The van der Waals surface area contributed by atoms with Gasteiger partial charge >= 0.3 is 5.97 Å². The molecule has 0 saturated heterocycles. The topological polar surface area (TPSA) is 57.0 Å². The molecule has 0 spiro atoms. The molecule has 5 heteroatoms. The Balaban J connectivity index is 1.54. The molecule has 2 fully saturated rings. The SMILES string of the molecule is CCOC(=O)C1CCCCC1c1ccc(-n2c(C3CCCCC3)nc3c(C)nc(C)cc32)cc1. The fourth-order valence-corrected chi connectivity index (χ4v) is 6.24. The molecule has 180 valence electrons. The highest BCUT2D eigenvalue weighted by molar-refractivity contribution is 5.81.